The molecule has 5 saturated heterocycles. The average molecular weight is 681 g/mol. The molecule has 8 unspecified atom stereocenters. The van der Waals surface area contributed by atoms with Crippen molar-refractivity contribution in [1.82, 2.24) is 42.5 Å². The molecule has 9 rings (SSSR count). The van der Waals surface area contributed by atoms with Gasteiger partial charge in [-0.05, 0) is 98.7 Å². The van der Waals surface area contributed by atoms with Gasteiger partial charge >= 0.3 is 0 Å². The van der Waals surface area contributed by atoms with Crippen LogP contribution in [0.15, 0.2) is 0 Å². The van der Waals surface area contributed by atoms with Gasteiger partial charge in [-0.3, -0.25) is 42.5 Å². The van der Waals surface area contributed by atoms with Crippen LogP contribution in [0.25, 0.3) is 0 Å². The monoisotopic (exact) mass is 680 g/mol. The van der Waals surface area contributed by atoms with Crippen molar-refractivity contribution in [2.24, 2.45) is 47.3 Å². The highest BCUT2D eigenvalue weighted by atomic mass is 127. The lowest BCUT2D eigenvalue weighted by Gasteiger charge is -2.35. The standard InChI is InChI=1S/C32H56N8.HI/c1-2-10-18-17(9-1)25-33-26(18)38-28-21-13-5-6-14-22(21)30(35-28)40-32-24-16-8-7-15-23(24)31(36-32)39-29-20-12-4-3-11-19(20)27(34-29)37-25;/h17-40H,1-16H2;1H. The molecular weight excluding hydrogens is 623 g/mol. The summed E-state index contributed by atoms with van der Waals surface area (Å²) in [5, 5.41) is 33.8. The molecule has 9 aliphatic rings. The quantitative estimate of drug-likeness (QED) is 0.185. The first-order valence-electron chi connectivity index (χ1n) is 17.9. The summed E-state index contributed by atoms with van der Waals surface area (Å²) >= 11 is 0. The Balaban J connectivity index is 0.00000256. The van der Waals surface area contributed by atoms with Crippen LogP contribution in [0, 0.1) is 47.3 Å². The third kappa shape index (κ3) is 5.07. The van der Waals surface area contributed by atoms with E-state index in [2.05, 4.69) is 42.5 Å². The van der Waals surface area contributed by atoms with Crippen LogP contribution >= 0.6 is 24.0 Å². The number of hydrogen-bond donors (Lipinski definition) is 8. The first-order chi connectivity index (χ1) is 19.8. The van der Waals surface area contributed by atoms with E-state index < -0.39 is 0 Å². The number of fused-ring (bicyclic) bond motifs is 20. The Morgan fingerprint density at radius 1 is 0.220 bits per heavy atom. The molecule has 0 aromatic carbocycles. The lowest BCUT2D eigenvalue weighted by Crippen LogP contribution is -2.61. The molecule has 8 N–H and O–H groups in total. The molecule has 5 heterocycles. The molecule has 8 bridgehead atoms. The number of nitrogens with one attached hydrogen (secondary N) is 8. The second kappa shape index (κ2) is 12.0. The maximum absolute atomic E-state index is 4.26. The third-order valence-electron chi connectivity index (χ3n) is 13.8. The minimum Gasteiger partial charge on any atom is -0.286 e. The predicted molar refractivity (Wildman–Crippen MR) is 173 cm³/mol. The molecule has 4 saturated carbocycles. The van der Waals surface area contributed by atoms with Crippen LogP contribution in [0.5, 0.6) is 0 Å². The SMILES string of the molecule is C1CCC2C3NC(NC4NC(NC5NC(NC6NC(N3)C3CCCCC63)C3CCCCC53)C3CCCCC43)C2C1.I. The molecule has 0 aromatic heterocycles. The van der Waals surface area contributed by atoms with Crippen molar-refractivity contribution in [3.63, 3.8) is 0 Å². The fourth-order valence-corrected chi connectivity index (χ4v) is 12.0. The minimum atomic E-state index is 0. The maximum Gasteiger partial charge on any atom is 0.0628 e. The Bertz CT molecular complexity index is 716. The fraction of sp³-hybridized carbons (Fsp3) is 1.00. The van der Waals surface area contributed by atoms with Crippen LogP contribution in [-0.4, -0.2) is 49.3 Å². The molecule has 0 amide bonds. The van der Waals surface area contributed by atoms with E-state index in [1.807, 2.05) is 0 Å². The van der Waals surface area contributed by atoms with Gasteiger partial charge in [0, 0.05) is 0 Å². The number of rotatable bonds is 0. The van der Waals surface area contributed by atoms with Gasteiger partial charge in [-0.25, -0.2) is 0 Å². The summed E-state index contributed by atoms with van der Waals surface area (Å²) in [4.78, 5) is 0. The molecular formula is C32H57IN8. The lowest BCUT2D eigenvalue weighted by molar-refractivity contribution is 0.167. The molecule has 8 atom stereocenters. The zero-order valence-corrected chi connectivity index (χ0v) is 27.3. The summed E-state index contributed by atoms with van der Waals surface area (Å²) in [6, 6.07) is 0. The second-order valence-electron chi connectivity index (χ2n) is 15.6. The summed E-state index contributed by atoms with van der Waals surface area (Å²) in [5.74, 6) is 5.97. The van der Waals surface area contributed by atoms with E-state index in [0.29, 0.717) is 49.3 Å². The van der Waals surface area contributed by atoms with Gasteiger partial charge in [0.05, 0.1) is 49.3 Å². The highest BCUT2D eigenvalue weighted by Gasteiger charge is 2.54. The van der Waals surface area contributed by atoms with Crippen LogP contribution < -0.4 is 42.5 Å². The molecule has 5 aliphatic heterocycles. The van der Waals surface area contributed by atoms with Crippen LogP contribution in [0.2, 0.25) is 0 Å². The Morgan fingerprint density at radius 3 is 0.463 bits per heavy atom. The smallest absolute Gasteiger partial charge is 0.0628 e. The Labute approximate surface area is 265 Å². The molecule has 41 heavy (non-hydrogen) atoms. The van der Waals surface area contributed by atoms with E-state index in [0.717, 1.165) is 47.3 Å². The third-order valence-corrected chi connectivity index (χ3v) is 13.8. The van der Waals surface area contributed by atoms with Crippen LogP contribution in [0.4, 0.5) is 0 Å². The summed E-state index contributed by atoms with van der Waals surface area (Å²) in [6.07, 6.45) is 25.6. The van der Waals surface area contributed by atoms with Crippen molar-refractivity contribution in [2.45, 2.75) is 152 Å². The molecule has 0 radical (unpaired) electrons. The van der Waals surface area contributed by atoms with Gasteiger partial charge in [0.2, 0.25) is 0 Å². The summed E-state index contributed by atoms with van der Waals surface area (Å²) in [5.41, 5.74) is 0. The highest BCUT2D eigenvalue weighted by molar-refractivity contribution is 14.0. The highest BCUT2D eigenvalue weighted by Crippen LogP contribution is 2.45. The van der Waals surface area contributed by atoms with E-state index >= 15 is 0 Å². The summed E-state index contributed by atoms with van der Waals surface area (Å²) in [7, 11) is 0. The summed E-state index contributed by atoms with van der Waals surface area (Å²) in [6.45, 7) is 0. The first-order valence-corrected chi connectivity index (χ1v) is 17.9. The van der Waals surface area contributed by atoms with Crippen LogP contribution in [0.1, 0.15) is 103 Å². The molecule has 0 aromatic rings. The molecule has 9 heteroatoms. The molecule has 4 aliphatic carbocycles. The van der Waals surface area contributed by atoms with E-state index in [1.54, 1.807) is 0 Å². The Kier molecular flexibility index (Phi) is 8.42. The van der Waals surface area contributed by atoms with Gasteiger partial charge in [-0.1, -0.05) is 51.4 Å². The van der Waals surface area contributed by atoms with Gasteiger partial charge in [0.1, 0.15) is 0 Å². The topological polar surface area (TPSA) is 96.2 Å². The molecule has 9 fully saturated rings. The Morgan fingerprint density at radius 2 is 0.341 bits per heavy atom. The number of halogens is 1. The maximum atomic E-state index is 4.26. The van der Waals surface area contributed by atoms with E-state index in [-0.39, 0.29) is 24.0 Å². The zero-order valence-electron chi connectivity index (χ0n) is 25.0. The van der Waals surface area contributed by atoms with Crippen molar-refractivity contribution < 1.29 is 0 Å². The van der Waals surface area contributed by atoms with Crippen molar-refractivity contribution >= 4 is 24.0 Å². The van der Waals surface area contributed by atoms with Crippen molar-refractivity contribution in [3.05, 3.63) is 0 Å². The average Bonchev–Trinajstić information content (AvgIpc) is 3.73. The lowest BCUT2D eigenvalue weighted by atomic mass is 9.76. The van der Waals surface area contributed by atoms with E-state index in [4.69, 9.17) is 0 Å². The van der Waals surface area contributed by atoms with Crippen molar-refractivity contribution in [1.29, 1.82) is 0 Å². The van der Waals surface area contributed by atoms with Gasteiger partial charge in [0.25, 0.3) is 0 Å². The fourth-order valence-electron chi connectivity index (χ4n) is 12.0. The Hall–Kier alpha value is 0.410. The normalized spacial score (nSPS) is 56.2. The molecule has 232 valence electrons. The van der Waals surface area contributed by atoms with Gasteiger partial charge in [-0.15, -0.1) is 24.0 Å². The van der Waals surface area contributed by atoms with Crippen LogP contribution in [-0.2, 0) is 0 Å². The van der Waals surface area contributed by atoms with Crippen molar-refractivity contribution in [2.75, 3.05) is 0 Å². The van der Waals surface area contributed by atoms with E-state index in [1.165, 1.54) is 103 Å². The molecule has 8 nitrogen and oxygen atoms in total. The van der Waals surface area contributed by atoms with Gasteiger partial charge in [0.15, 0.2) is 0 Å². The van der Waals surface area contributed by atoms with Gasteiger partial charge < -0.3 is 0 Å². The largest absolute Gasteiger partial charge is 0.286 e. The van der Waals surface area contributed by atoms with Gasteiger partial charge in [-0.2, -0.15) is 0 Å². The van der Waals surface area contributed by atoms with Crippen LogP contribution in [0.3, 0.4) is 0 Å². The number of hydrogen-bond acceptors (Lipinski definition) is 8. The first kappa shape index (κ1) is 28.9. The molecule has 0 spiro atoms. The second-order valence-corrected chi connectivity index (χ2v) is 15.6. The van der Waals surface area contributed by atoms with E-state index in [9.17, 15) is 0 Å². The van der Waals surface area contributed by atoms with Crippen molar-refractivity contribution in [3.8, 4) is 0 Å². The minimum absolute atomic E-state index is 0. The zero-order chi connectivity index (χ0) is 26.2. The predicted octanol–water partition coefficient (Wildman–Crippen LogP) is 3.22. The summed E-state index contributed by atoms with van der Waals surface area (Å²) < 4.78 is 0.